The van der Waals surface area contributed by atoms with Crippen LogP contribution in [0.5, 0.6) is 5.75 Å². The number of aryl methyl sites for hydroxylation is 1. The molecule has 0 aliphatic carbocycles. The van der Waals surface area contributed by atoms with Gasteiger partial charge in [-0.2, -0.15) is 13.0 Å². The lowest BCUT2D eigenvalue weighted by atomic mass is 10.1. The van der Waals surface area contributed by atoms with Crippen LogP contribution in [0.3, 0.4) is 0 Å². The number of anilines is 1. The van der Waals surface area contributed by atoms with E-state index in [1.54, 1.807) is 45.9 Å². The number of fused-ring (bicyclic) bond motifs is 2. The molecule has 0 amide bonds. The monoisotopic (exact) mass is 630 g/mol. The second kappa shape index (κ2) is 11.9. The van der Waals surface area contributed by atoms with Crippen molar-refractivity contribution in [3.8, 4) is 16.9 Å². The highest BCUT2D eigenvalue weighted by Gasteiger charge is 2.29. The maximum Gasteiger partial charge on any atom is 0.374 e. The van der Waals surface area contributed by atoms with E-state index in [-0.39, 0.29) is 13.1 Å². The summed E-state index contributed by atoms with van der Waals surface area (Å²) in [4.78, 5) is 1.60. The first-order chi connectivity index (χ1) is 19.9. The molecular formula is C29H27ClN2O8S2. The molecule has 0 atom stereocenters. The lowest BCUT2D eigenvalue weighted by molar-refractivity contribution is -0.673. The molecule has 220 valence electrons. The van der Waals surface area contributed by atoms with Gasteiger partial charge in [-0.1, -0.05) is 54.9 Å². The lowest BCUT2D eigenvalue weighted by Gasteiger charge is -2.18. The van der Waals surface area contributed by atoms with Crippen LogP contribution in [0.15, 0.2) is 88.7 Å². The number of hydrogen-bond acceptors (Lipinski definition) is 8. The maximum absolute atomic E-state index is 11.6. The Morgan fingerprint density at radius 2 is 1.79 bits per heavy atom. The van der Waals surface area contributed by atoms with Crippen LogP contribution in [-0.2, 0) is 26.8 Å². The van der Waals surface area contributed by atoms with Crippen LogP contribution in [0.25, 0.3) is 28.3 Å². The Morgan fingerprint density at radius 3 is 2.48 bits per heavy atom. The first kappa shape index (κ1) is 29.8. The van der Waals surface area contributed by atoms with E-state index in [4.69, 9.17) is 20.8 Å². The van der Waals surface area contributed by atoms with Gasteiger partial charge in [-0.25, -0.2) is 8.42 Å². The van der Waals surface area contributed by atoms with Gasteiger partial charge in [-0.3, -0.25) is 4.55 Å². The molecule has 0 saturated carbocycles. The number of oxazole rings is 1. The molecule has 4 aromatic rings. The van der Waals surface area contributed by atoms with Crippen LogP contribution in [-0.4, -0.2) is 44.0 Å². The van der Waals surface area contributed by atoms with Gasteiger partial charge in [0.15, 0.2) is 12.3 Å². The van der Waals surface area contributed by atoms with Crippen LogP contribution in [0, 0.1) is 0 Å². The number of halogens is 1. The van der Waals surface area contributed by atoms with E-state index in [9.17, 15) is 25.9 Å². The van der Waals surface area contributed by atoms with Crippen molar-refractivity contribution in [2.45, 2.75) is 19.9 Å². The minimum Gasteiger partial charge on any atom is -0.748 e. The number of rotatable bonds is 10. The minimum atomic E-state index is -4.51. The van der Waals surface area contributed by atoms with Crippen molar-refractivity contribution in [2.75, 3.05) is 23.0 Å². The molecule has 5 rings (SSSR count). The highest BCUT2D eigenvalue weighted by Crippen LogP contribution is 2.41. The largest absolute Gasteiger partial charge is 0.748 e. The van der Waals surface area contributed by atoms with Gasteiger partial charge < -0.3 is 18.6 Å². The Hall–Kier alpha value is -3.68. The number of allylic oxidation sites excluding steroid dienone is 2. The molecular weight excluding hydrogens is 604 g/mol. The fourth-order valence-electron chi connectivity index (χ4n) is 4.63. The molecule has 1 aromatic heterocycles. The van der Waals surface area contributed by atoms with Crippen LogP contribution in [0.1, 0.15) is 19.2 Å². The Labute approximate surface area is 248 Å². The average molecular weight is 631 g/mol. The topological polar surface area (TPSA) is 141 Å². The molecule has 1 N–H and O–H groups in total. The summed E-state index contributed by atoms with van der Waals surface area (Å²) in [5.41, 5.74) is 4.20. The van der Waals surface area contributed by atoms with E-state index >= 15 is 0 Å². The predicted octanol–water partition coefficient (Wildman–Crippen LogP) is 5.01. The first-order valence-electron chi connectivity index (χ1n) is 13.0. The van der Waals surface area contributed by atoms with Crippen LogP contribution in [0.4, 0.5) is 5.69 Å². The zero-order valence-corrected chi connectivity index (χ0v) is 24.8. The Balaban J connectivity index is 1.58. The summed E-state index contributed by atoms with van der Waals surface area (Å²) >= 11 is 6.17. The van der Waals surface area contributed by atoms with Crippen molar-refractivity contribution < 1.29 is 39.7 Å². The smallest absolute Gasteiger partial charge is 0.374 e. The van der Waals surface area contributed by atoms with E-state index in [0.717, 1.165) is 11.1 Å². The summed E-state index contributed by atoms with van der Waals surface area (Å²) < 4.78 is 80.8. The fraction of sp³-hybridized carbons (Fsp3) is 0.207. The van der Waals surface area contributed by atoms with Crippen molar-refractivity contribution >= 4 is 54.7 Å². The number of benzene rings is 3. The highest BCUT2D eigenvalue weighted by atomic mass is 35.5. The van der Waals surface area contributed by atoms with Crippen LogP contribution >= 0.6 is 11.6 Å². The minimum absolute atomic E-state index is 0.0940. The van der Waals surface area contributed by atoms with Gasteiger partial charge in [0.2, 0.25) is 11.5 Å². The van der Waals surface area contributed by atoms with Crippen molar-refractivity contribution in [1.29, 1.82) is 0 Å². The third-order valence-electron chi connectivity index (χ3n) is 6.69. The van der Waals surface area contributed by atoms with Crippen LogP contribution < -0.4 is 14.2 Å². The molecule has 0 spiro atoms. The standard InChI is InChI=1S/C29H27ClN2O8S2/c1-2-20(17-29-32(13-15-42(36,37)38)25-19-23(30)9-11-27(25)40-29)16-28-31(12-14-41(33,34)35)24-18-22(8-10-26(24)39-28)21-6-4-3-5-7-21/h3-11,16-19H,2,12-15H2,1H3,(H-,33,34,35,36,37,38). The number of nitrogens with zero attached hydrogens (tertiary/aromatic N) is 2. The van der Waals surface area contributed by atoms with E-state index in [1.807, 2.05) is 49.4 Å². The molecule has 2 heterocycles. The Bertz CT molecular complexity index is 1920. The average Bonchev–Trinajstić information content (AvgIpc) is 3.45. The Kier molecular flexibility index (Phi) is 8.44. The number of ether oxygens (including phenoxy) is 1. The second-order valence-electron chi connectivity index (χ2n) is 9.61. The molecule has 0 saturated heterocycles. The summed E-state index contributed by atoms with van der Waals surface area (Å²) in [5.74, 6) is -0.0875. The number of hydrogen-bond donors (Lipinski definition) is 1. The van der Waals surface area contributed by atoms with Gasteiger partial charge in [0.05, 0.1) is 23.3 Å². The van der Waals surface area contributed by atoms with Gasteiger partial charge in [-0.05, 0) is 47.4 Å². The molecule has 42 heavy (non-hydrogen) atoms. The lowest BCUT2D eigenvalue weighted by Crippen LogP contribution is -2.38. The predicted molar refractivity (Wildman–Crippen MR) is 159 cm³/mol. The highest BCUT2D eigenvalue weighted by molar-refractivity contribution is 7.86. The van der Waals surface area contributed by atoms with Crippen molar-refractivity contribution in [3.63, 3.8) is 0 Å². The summed E-state index contributed by atoms with van der Waals surface area (Å²) in [6.07, 6.45) is 3.91. The van der Waals surface area contributed by atoms with Gasteiger partial charge >= 0.3 is 5.89 Å². The van der Waals surface area contributed by atoms with Crippen LogP contribution in [0.2, 0.25) is 5.02 Å². The fourth-order valence-corrected chi connectivity index (χ4v) is 5.62. The van der Waals surface area contributed by atoms with Gasteiger partial charge in [0.1, 0.15) is 10.1 Å². The molecule has 10 nitrogen and oxygen atoms in total. The SMILES string of the molecule is CCC(=Cc1oc2ccc(-c3ccccc3)cc2[n+]1CCS(=O)(=O)[O-])C=C1Oc2ccc(Cl)cc2N1CCS(=O)(=O)O. The molecule has 3 aromatic carbocycles. The zero-order chi connectivity index (χ0) is 30.1. The van der Waals surface area contributed by atoms with E-state index < -0.39 is 31.7 Å². The normalized spacial score (nSPS) is 14.9. The third kappa shape index (κ3) is 7.02. The second-order valence-corrected chi connectivity index (χ2v) is 13.1. The van der Waals surface area contributed by atoms with Gasteiger partial charge in [0.25, 0.3) is 15.6 Å². The molecule has 1 aliphatic heterocycles. The quantitative estimate of drug-likeness (QED) is 0.189. The molecule has 1 aliphatic rings. The third-order valence-corrected chi connectivity index (χ3v) is 8.31. The van der Waals surface area contributed by atoms with E-state index in [1.165, 1.54) is 0 Å². The summed E-state index contributed by atoms with van der Waals surface area (Å²) in [7, 11) is -8.77. The van der Waals surface area contributed by atoms with E-state index in [2.05, 4.69) is 0 Å². The van der Waals surface area contributed by atoms with E-state index in [0.29, 0.717) is 51.3 Å². The van der Waals surface area contributed by atoms with Gasteiger partial charge in [0, 0.05) is 23.7 Å². The Morgan fingerprint density at radius 1 is 1.02 bits per heavy atom. The zero-order valence-electron chi connectivity index (χ0n) is 22.4. The summed E-state index contributed by atoms with van der Waals surface area (Å²) in [6, 6.07) is 20.2. The first-order valence-corrected chi connectivity index (χ1v) is 16.5. The summed E-state index contributed by atoms with van der Waals surface area (Å²) in [6.45, 7) is 1.67. The molecule has 13 heteroatoms. The molecule has 0 radical (unpaired) electrons. The molecule has 0 fully saturated rings. The van der Waals surface area contributed by atoms with Gasteiger partial charge in [-0.15, -0.1) is 0 Å². The van der Waals surface area contributed by atoms with Crippen molar-refractivity contribution in [3.05, 3.63) is 95.2 Å². The summed E-state index contributed by atoms with van der Waals surface area (Å²) in [5, 5.41) is 0.424. The molecule has 0 bridgehead atoms. The maximum atomic E-state index is 11.6. The van der Waals surface area contributed by atoms with Crippen molar-refractivity contribution in [2.24, 2.45) is 0 Å². The molecule has 0 unspecified atom stereocenters. The number of aromatic nitrogens is 1. The van der Waals surface area contributed by atoms with Crippen molar-refractivity contribution in [1.82, 2.24) is 0 Å².